The van der Waals surface area contributed by atoms with Gasteiger partial charge in [0.1, 0.15) is 6.54 Å². The Morgan fingerprint density at radius 1 is 1.35 bits per heavy atom. The minimum absolute atomic E-state index is 0. The lowest BCUT2D eigenvalue weighted by molar-refractivity contribution is -0.501. The summed E-state index contributed by atoms with van der Waals surface area (Å²) in [6.07, 6.45) is 0. The molecule has 0 saturated carbocycles. The van der Waals surface area contributed by atoms with Crippen LogP contribution in [0.25, 0.3) is 0 Å². The molecular formula is C10H23IN4S2. The Kier molecular flexibility index (Phi) is 8.47. The fourth-order valence-electron chi connectivity index (χ4n) is 1.28. The second-order valence-electron chi connectivity index (χ2n) is 4.64. The molecule has 4 nitrogen and oxygen atoms in total. The molecule has 1 N–H and O–H groups in total. The molecule has 102 valence electrons. The summed E-state index contributed by atoms with van der Waals surface area (Å²) in [5, 5.41) is 4.77. The predicted octanol–water partition coefficient (Wildman–Crippen LogP) is -2.23. The monoisotopic (exact) mass is 390 g/mol. The van der Waals surface area contributed by atoms with Crippen molar-refractivity contribution in [2.45, 2.75) is 18.5 Å². The first-order valence-corrected chi connectivity index (χ1v) is 7.64. The molecule has 0 aliphatic carbocycles. The van der Waals surface area contributed by atoms with Crippen LogP contribution >= 0.6 is 21.6 Å². The summed E-state index contributed by atoms with van der Waals surface area (Å²) in [5.41, 5.74) is 0.386. The number of amidine groups is 1. The number of nitrogens with one attached hydrogen (secondary N) is 1. The number of hydrogen-bond acceptors (Lipinski definition) is 4. The van der Waals surface area contributed by atoms with Crippen LogP contribution in [0.4, 0.5) is 0 Å². The molecule has 0 aromatic carbocycles. The van der Waals surface area contributed by atoms with Gasteiger partial charge in [0.05, 0.1) is 7.05 Å². The molecule has 17 heavy (non-hydrogen) atoms. The molecule has 0 amide bonds. The average Bonchev–Trinajstić information content (AvgIpc) is 2.65. The van der Waals surface area contributed by atoms with E-state index < -0.39 is 0 Å². The molecule has 0 bridgehead atoms. The van der Waals surface area contributed by atoms with Crippen molar-refractivity contribution in [3.63, 3.8) is 0 Å². The van der Waals surface area contributed by atoms with Crippen molar-refractivity contribution in [3.8, 4) is 0 Å². The Bertz CT molecular complexity index is 271. The summed E-state index contributed by atoms with van der Waals surface area (Å²) in [6.45, 7) is 3.29. The lowest BCUT2D eigenvalue weighted by Crippen LogP contribution is -3.00. The third-order valence-electron chi connectivity index (χ3n) is 2.70. The highest BCUT2D eigenvalue weighted by Gasteiger charge is 2.31. The van der Waals surface area contributed by atoms with Crippen molar-refractivity contribution in [3.05, 3.63) is 0 Å². The van der Waals surface area contributed by atoms with Crippen LogP contribution in [0.1, 0.15) is 6.92 Å². The van der Waals surface area contributed by atoms with Crippen LogP contribution in [0.3, 0.4) is 0 Å². The summed E-state index contributed by atoms with van der Waals surface area (Å²) in [5.74, 6) is 0. The summed E-state index contributed by atoms with van der Waals surface area (Å²) < 4.78 is 2.30. The van der Waals surface area contributed by atoms with Crippen LogP contribution in [0.15, 0.2) is 0 Å². The maximum atomic E-state index is 3.51. The Labute approximate surface area is 130 Å². The average molecular weight is 390 g/mol. The third kappa shape index (κ3) is 5.54. The van der Waals surface area contributed by atoms with E-state index in [4.69, 9.17) is 0 Å². The van der Waals surface area contributed by atoms with Gasteiger partial charge in [-0.1, -0.05) is 0 Å². The van der Waals surface area contributed by atoms with Gasteiger partial charge in [-0.15, -0.1) is 0 Å². The summed E-state index contributed by atoms with van der Waals surface area (Å²) in [4.78, 5) is 4.43. The Balaban J connectivity index is 0.00000256. The lowest BCUT2D eigenvalue weighted by atomic mass is 10.3. The molecule has 0 aromatic rings. The van der Waals surface area contributed by atoms with Gasteiger partial charge in [0.15, 0.2) is 0 Å². The molecule has 0 radical (unpaired) electrons. The van der Waals surface area contributed by atoms with Crippen molar-refractivity contribution >= 4 is 26.8 Å². The van der Waals surface area contributed by atoms with Gasteiger partial charge in [0, 0.05) is 16.8 Å². The molecular weight excluding hydrogens is 367 g/mol. The van der Waals surface area contributed by atoms with Crippen molar-refractivity contribution in [2.75, 3.05) is 41.8 Å². The third-order valence-corrected chi connectivity index (χ3v) is 5.42. The highest BCUT2D eigenvalue weighted by atomic mass is 127. The van der Waals surface area contributed by atoms with Crippen LogP contribution in [0, 0.1) is 0 Å². The molecule has 2 unspecified atom stereocenters. The highest BCUT2D eigenvalue weighted by molar-refractivity contribution is 8.83. The molecule has 1 aliphatic rings. The van der Waals surface area contributed by atoms with Gasteiger partial charge in [0.25, 0.3) is 0 Å². The van der Waals surface area contributed by atoms with Crippen LogP contribution in [-0.2, 0) is 0 Å². The Morgan fingerprint density at radius 2 is 1.94 bits per heavy atom. The number of nitrogens with zero attached hydrogens (tertiary/aromatic N) is 3. The number of likely N-dealkylation sites (N-methyl/N-ethyl adjacent to an activating group) is 2. The number of halogens is 1. The Morgan fingerprint density at radius 3 is 2.35 bits per heavy atom. The zero-order valence-corrected chi connectivity index (χ0v) is 15.2. The van der Waals surface area contributed by atoms with E-state index in [1.54, 1.807) is 0 Å². The van der Waals surface area contributed by atoms with Crippen molar-refractivity contribution in [1.29, 1.82) is 0 Å². The van der Waals surface area contributed by atoms with Crippen LogP contribution in [-0.4, -0.2) is 72.9 Å². The molecule has 0 aromatic heterocycles. The van der Waals surface area contributed by atoms with E-state index in [2.05, 4.69) is 61.9 Å². The number of rotatable bonds is 4. The van der Waals surface area contributed by atoms with E-state index in [-0.39, 0.29) is 24.0 Å². The van der Waals surface area contributed by atoms with E-state index in [0.717, 1.165) is 6.54 Å². The fraction of sp³-hybridized carbons (Fsp3) is 0.900. The largest absolute Gasteiger partial charge is 1.00 e. The predicted molar refractivity (Wildman–Crippen MR) is 75.0 cm³/mol. The summed E-state index contributed by atoms with van der Waals surface area (Å²) in [7, 11) is 14.3. The molecule has 1 saturated heterocycles. The van der Waals surface area contributed by atoms with Gasteiger partial charge >= 0.3 is 5.17 Å². The molecule has 1 heterocycles. The van der Waals surface area contributed by atoms with E-state index in [9.17, 15) is 0 Å². The second-order valence-corrected chi connectivity index (χ2v) is 6.91. The van der Waals surface area contributed by atoms with Crippen LogP contribution < -0.4 is 29.3 Å². The minimum Gasteiger partial charge on any atom is -1.00 e. The summed E-state index contributed by atoms with van der Waals surface area (Å²) in [6, 6.07) is 0.559. The van der Waals surface area contributed by atoms with Gasteiger partial charge in [-0.25, -0.2) is 5.32 Å². The first-order chi connectivity index (χ1) is 7.41. The maximum Gasteiger partial charge on any atom is 0.319 e. The standard InChI is InChI=1S/C10H22N4S2.HI/c1-8(12(2)3)7-14(6)10-11-9(13(4)5)15-16-10;/h8-9H,7H2,1-6H3;1H. The zero-order valence-electron chi connectivity index (χ0n) is 11.4. The van der Waals surface area contributed by atoms with Crippen LogP contribution in [0.2, 0.25) is 0 Å². The highest BCUT2D eigenvalue weighted by Crippen LogP contribution is 2.33. The SMILES string of the molecule is CC(C[N+](C)=C1NC(N(C)C)SS1)N(C)C.[I-]. The van der Waals surface area contributed by atoms with Gasteiger partial charge in [-0.2, -0.15) is 0 Å². The Hall–Kier alpha value is 0.820. The summed E-state index contributed by atoms with van der Waals surface area (Å²) >= 11 is 0. The maximum absolute atomic E-state index is 3.51. The smallest absolute Gasteiger partial charge is 0.319 e. The van der Waals surface area contributed by atoms with E-state index >= 15 is 0 Å². The van der Waals surface area contributed by atoms with E-state index in [1.165, 1.54) is 5.17 Å². The van der Waals surface area contributed by atoms with Crippen molar-refractivity contribution in [1.82, 2.24) is 15.1 Å². The molecule has 1 rings (SSSR count). The first kappa shape index (κ1) is 17.8. The van der Waals surface area contributed by atoms with Gasteiger partial charge < -0.3 is 28.9 Å². The molecule has 0 spiro atoms. The molecule has 1 fully saturated rings. The number of hydrogen-bond donors (Lipinski definition) is 1. The minimum atomic E-state index is 0. The first-order valence-electron chi connectivity index (χ1n) is 5.42. The van der Waals surface area contributed by atoms with Crippen LogP contribution in [0.5, 0.6) is 0 Å². The lowest BCUT2D eigenvalue weighted by Gasteiger charge is -2.19. The molecule has 7 heteroatoms. The van der Waals surface area contributed by atoms with Gasteiger partial charge in [-0.3, -0.25) is 9.48 Å². The fourth-order valence-corrected chi connectivity index (χ4v) is 3.96. The second kappa shape index (κ2) is 8.08. The zero-order chi connectivity index (χ0) is 12.3. The van der Waals surface area contributed by atoms with Gasteiger partial charge in [-0.05, 0) is 45.9 Å². The topological polar surface area (TPSA) is 21.5 Å². The molecule has 1 aliphatic heterocycles. The van der Waals surface area contributed by atoms with Gasteiger partial charge in [0.2, 0.25) is 5.50 Å². The van der Waals surface area contributed by atoms with Crippen molar-refractivity contribution < 1.29 is 28.6 Å². The molecule has 2 atom stereocenters. The van der Waals surface area contributed by atoms with E-state index in [0.29, 0.717) is 11.5 Å². The quantitative estimate of drug-likeness (QED) is 0.332. The van der Waals surface area contributed by atoms with E-state index in [1.807, 2.05) is 21.6 Å². The normalized spacial score (nSPS) is 24.6. The van der Waals surface area contributed by atoms with Crippen molar-refractivity contribution in [2.24, 2.45) is 0 Å².